The molecule has 0 fully saturated rings. The van der Waals surface area contributed by atoms with Gasteiger partial charge in [0, 0.05) is 5.69 Å². The normalized spacial score (nSPS) is 10.9. The predicted octanol–water partition coefficient (Wildman–Crippen LogP) is 3.90. The quantitative estimate of drug-likeness (QED) is 0.854. The van der Waals surface area contributed by atoms with Gasteiger partial charge < -0.3 is 19.5 Å². The van der Waals surface area contributed by atoms with E-state index in [0.29, 0.717) is 11.4 Å². The van der Waals surface area contributed by atoms with Gasteiger partial charge in [-0.15, -0.1) is 0 Å². The smallest absolute Gasteiger partial charge is 0.422 e. The molecule has 25 heavy (non-hydrogen) atoms. The molecule has 0 saturated carbocycles. The second kappa shape index (κ2) is 7.78. The molecule has 5 nitrogen and oxygen atoms in total. The predicted molar refractivity (Wildman–Crippen MR) is 85.5 cm³/mol. The minimum Gasteiger partial charge on any atom is -0.493 e. The van der Waals surface area contributed by atoms with Crippen LogP contribution in [0.1, 0.15) is 10.4 Å². The largest absolute Gasteiger partial charge is 0.493 e. The Balaban J connectivity index is 2.08. The summed E-state index contributed by atoms with van der Waals surface area (Å²) in [5.41, 5.74) is 0.661. The van der Waals surface area contributed by atoms with Gasteiger partial charge in [0.2, 0.25) is 0 Å². The average molecular weight is 355 g/mol. The van der Waals surface area contributed by atoms with Crippen molar-refractivity contribution in [2.24, 2.45) is 0 Å². The highest BCUT2D eigenvalue weighted by Gasteiger charge is 2.28. The van der Waals surface area contributed by atoms with E-state index < -0.39 is 18.7 Å². The molecule has 0 radical (unpaired) electrons. The van der Waals surface area contributed by atoms with E-state index in [-0.39, 0.29) is 17.1 Å². The zero-order valence-corrected chi connectivity index (χ0v) is 13.5. The Morgan fingerprint density at radius 3 is 2.28 bits per heavy atom. The van der Waals surface area contributed by atoms with Crippen molar-refractivity contribution >= 4 is 11.6 Å². The Morgan fingerprint density at radius 2 is 1.72 bits per heavy atom. The second-order valence-corrected chi connectivity index (χ2v) is 4.92. The molecule has 0 spiro atoms. The van der Waals surface area contributed by atoms with Crippen molar-refractivity contribution < 1.29 is 32.2 Å². The number of halogens is 3. The molecule has 0 bridgehead atoms. The van der Waals surface area contributed by atoms with Crippen molar-refractivity contribution in [3.05, 3.63) is 48.0 Å². The number of nitrogens with one attached hydrogen (secondary N) is 1. The van der Waals surface area contributed by atoms with Crippen LogP contribution in [-0.2, 0) is 0 Å². The number of carbonyl (C=O) groups is 1. The van der Waals surface area contributed by atoms with Crippen LogP contribution in [0.2, 0.25) is 0 Å². The van der Waals surface area contributed by atoms with Gasteiger partial charge in [-0.25, -0.2) is 0 Å². The minimum atomic E-state index is -4.41. The third-order valence-electron chi connectivity index (χ3n) is 3.16. The first-order chi connectivity index (χ1) is 11.8. The molecule has 2 aromatic carbocycles. The maximum atomic E-state index is 12.4. The first kappa shape index (κ1) is 18.4. The highest BCUT2D eigenvalue weighted by Crippen LogP contribution is 2.31. The fraction of sp³-hybridized carbons (Fsp3) is 0.235. The van der Waals surface area contributed by atoms with Crippen molar-refractivity contribution in [3.63, 3.8) is 0 Å². The lowest BCUT2D eigenvalue weighted by atomic mass is 10.1. The number of benzene rings is 2. The summed E-state index contributed by atoms with van der Waals surface area (Å²) in [6, 6.07) is 10.4. The van der Waals surface area contributed by atoms with Gasteiger partial charge in [-0.3, -0.25) is 4.79 Å². The number of para-hydroxylation sites is 1. The molecular weight excluding hydrogens is 339 g/mol. The Kier molecular flexibility index (Phi) is 5.74. The van der Waals surface area contributed by atoms with Gasteiger partial charge in [0.1, 0.15) is 5.75 Å². The summed E-state index contributed by atoms with van der Waals surface area (Å²) in [5.74, 6) is 0.299. The van der Waals surface area contributed by atoms with E-state index in [2.05, 4.69) is 10.1 Å². The summed E-state index contributed by atoms with van der Waals surface area (Å²) in [6.45, 7) is -1.38. The summed E-state index contributed by atoms with van der Waals surface area (Å²) in [6.07, 6.45) is -4.41. The van der Waals surface area contributed by atoms with Gasteiger partial charge >= 0.3 is 6.18 Å². The highest BCUT2D eigenvalue weighted by atomic mass is 19.4. The van der Waals surface area contributed by atoms with Crippen molar-refractivity contribution in [1.29, 1.82) is 0 Å². The summed E-state index contributed by atoms with van der Waals surface area (Å²) in [7, 11) is 2.88. The summed E-state index contributed by atoms with van der Waals surface area (Å²) < 4.78 is 51.3. The van der Waals surface area contributed by atoms with Crippen LogP contribution in [0.5, 0.6) is 17.2 Å². The van der Waals surface area contributed by atoms with Gasteiger partial charge in [-0.2, -0.15) is 13.2 Å². The number of anilines is 1. The number of hydrogen-bond acceptors (Lipinski definition) is 4. The Bertz CT molecular complexity index is 730. The van der Waals surface area contributed by atoms with Crippen molar-refractivity contribution in [2.45, 2.75) is 6.18 Å². The van der Waals surface area contributed by atoms with Crippen molar-refractivity contribution in [1.82, 2.24) is 0 Å². The van der Waals surface area contributed by atoms with E-state index in [9.17, 15) is 18.0 Å². The Hall–Kier alpha value is -2.90. The van der Waals surface area contributed by atoms with Crippen molar-refractivity contribution in [2.75, 3.05) is 26.1 Å². The van der Waals surface area contributed by atoms with Crippen LogP contribution in [-0.4, -0.2) is 32.9 Å². The number of rotatable bonds is 6. The van der Waals surface area contributed by atoms with Crippen LogP contribution in [0.15, 0.2) is 42.5 Å². The van der Waals surface area contributed by atoms with E-state index in [1.165, 1.54) is 38.5 Å². The van der Waals surface area contributed by atoms with E-state index >= 15 is 0 Å². The fourth-order valence-corrected chi connectivity index (χ4v) is 2.06. The number of hydrogen-bond donors (Lipinski definition) is 1. The number of amides is 1. The molecule has 0 atom stereocenters. The van der Waals surface area contributed by atoms with Crippen molar-refractivity contribution in [3.8, 4) is 17.2 Å². The zero-order chi connectivity index (χ0) is 18.4. The standard InChI is InChI=1S/C17H16F3NO4/c1-23-14-5-3-4-13(15(14)24-2)16(22)21-11-6-8-12(9-7-11)25-10-17(18,19)20/h3-9H,10H2,1-2H3,(H,21,22). The van der Waals surface area contributed by atoms with Crippen LogP contribution < -0.4 is 19.5 Å². The molecule has 8 heteroatoms. The monoisotopic (exact) mass is 355 g/mol. The SMILES string of the molecule is COc1cccc(C(=O)Nc2ccc(OCC(F)(F)F)cc2)c1OC. The number of methoxy groups -OCH3 is 2. The Labute approximate surface area is 142 Å². The van der Waals surface area contributed by atoms with Gasteiger partial charge in [0.05, 0.1) is 19.8 Å². The van der Waals surface area contributed by atoms with Gasteiger partial charge in [0.25, 0.3) is 5.91 Å². The highest BCUT2D eigenvalue weighted by molar-refractivity contribution is 6.06. The molecule has 2 rings (SSSR count). The molecule has 0 heterocycles. The minimum absolute atomic E-state index is 0.0503. The van der Waals surface area contributed by atoms with Crippen LogP contribution in [0.3, 0.4) is 0 Å². The average Bonchev–Trinajstić information content (AvgIpc) is 2.59. The lowest BCUT2D eigenvalue weighted by Crippen LogP contribution is -2.19. The number of carbonyl (C=O) groups excluding carboxylic acids is 1. The van der Waals surface area contributed by atoms with E-state index in [1.54, 1.807) is 18.2 Å². The molecule has 134 valence electrons. The molecule has 0 aromatic heterocycles. The molecule has 0 aliphatic carbocycles. The second-order valence-electron chi connectivity index (χ2n) is 4.92. The molecule has 2 aromatic rings. The maximum absolute atomic E-state index is 12.4. The van der Waals surface area contributed by atoms with Crippen LogP contribution in [0.4, 0.5) is 18.9 Å². The molecule has 0 saturated heterocycles. The van der Waals surface area contributed by atoms with Crippen LogP contribution >= 0.6 is 0 Å². The molecule has 0 aliphatic heterocycles. The number of alkyl halides is 3. The lowest BCUT2D eigenvalue weighted by molar-refractivity contribution is -0.153. The third kappa shape index (κ3) is 5.03. The molecule has 1 amide bonds. The molecule has 0 unspecified atom stereocenters. The summed E-state index contributed by atoms with van der Waals surface area (Å²) >= 11 is 0. The van der Waals surface area contributed by atoms with E-state index in [0.717, 1.165) is 0 Å². The van der Waals surface area contributed by atoms with Gasteiger partial charge in [0.15, 0.2) is 18.1 Å². The van der Waals surface area contributed by atoms with Crippen LogP contribution in [0.25, 0.3) is 0 Å². The Morgan fingerprint density at radius 1 is 1.04 bits per heavy atom. The van der Waals surface area contributed by atoms with Crippen LogP contribution in [0, 0.1) is 0 Å². The summed E-state index contributed by atoms with van der Waals surface area (Å²) in [4.78, 5) is 12.4. The number of ether oxygens (including phenoxy) is 3. The lowest BCUT2D eigenvalue weighted by Gasteiger charge is -2.13. The maximum Gasteiger partial charge on any atom is 0.422 e. The first-order valence-corrected chi connectivity index (χ1v) is 7.16. The van der Waals surface area contributed by atoms with E-state index in [4.69, 9.17) is 9.47 Å². The third-order valence-corrected chi connectivity index (χ3v) is 3.16. The molecular formula is C17H16F3NO4. The topological polar surface area (TPSA) is 56.8 Å². The fourth-order valence-electron chi connectivity index (χ4n) is 2.06. The first-order valence-electron chi connectivity index (χ1n) is 7.16. The zero-order valence-electron chi connectivity index (χ0n) is 13.5. The molecule has 0 aliphatic rings. The van der Waals surface area contributed by atoms with Gasteiger partial charge in [-0.05, 0) is 36.4 Å². The van der Waals surface area contributed by atoms with Gasteiger partial charge in [-0.1, -0.05) is 6.07 Å². The molecule has 1 N–H and O–H groups in total. The summed E-state index contributed by atoms with van der Waals surface area (Å²) in [5, 5.41) is 2.63. The van der Waals surface area contributed by atoms with E-state index in [1.807, 2.05) is 0 Å².